The van der Waals surface area contributed by atoms with Crippen LogP contribution in [-0.4, -0.2) is 22.6 Å². The van der Waals surface area contributed by atoms with Gasteiger partial charge in [0.25, 0.3) is 0 Å². The van der Waals surface area contributed by atoms with Gasteiger partial charge in [0, 0.05) is 19.1 Å². The van der Waals surface area contributed by atoms with Crippen LogP contribution in [0.5, 0.6) is 0 Å². The molecule has 0 amide bonds. The van der Waals surface area contributed by atoms with Crippen molar-refractivity contribution in [3.8, 4) is 0 Å². The van der Waals surface area contributed by atoms with E-state index >= 15 is 0 Å². The van der Waals surface area contributed by atoms with Crippen molar-refractivity contribution in [3.63, 3.8) is 0 Å². The monoisotopic (exact) mass is 297 g/mol. The van der Waals surface area contributed by atoms with Crippen LogP contribution in [0.1, 0.15) is 42.2 Å². The van der Waals surface area contributed by atoms with Crippen LogP contribution in [0.2, 0.25) is 0 Å². The number of benzene rings is 2. The second kappa shape index (κ2) is 7.57. The molecule has 0 aliphatic rings. The third kappa shape index (κ3) is 4.43. The molecular formula is C20H27NO. The number of aryl methyl sites for hydroxylation is 2. The van der Waals surface area contributed by atoms with E-state index < -0.39 is 6.10 Å². The first kappa shape index (κ1) is 16.7. The lowest BCUT2D eigenvalue weighted by Gasteiger charge is -2.29. The van der Waals surface area contributed by atoms with Crippen LogP contribution in [0.3, 0.4) is 0 Å². The van der Waals surface area contributed by atoms with Crippen molar-refractivity contribution in [2.24, 2.45) is 0 Å². The number of rotatable bonds is 6. The van der Waals surface area contributed by atoms with E-state index in [1.54, 1.807) is 0 Å². The Morgan fingerprint density at radius 3 is 2.27 bits per heavy atom. The Balaban J connectivity index is 2.10. The van der Waals surface area contributed by atoms with Crippen molar-refractivity contribution >= 4 is 0 Å². The fourth-order valence-electron chi connectivity index (χ4n) is 2.70. The van der Waals surface area contributed by atoms with Gasteiger partial charge in [0.05, 0.1) is 6.10 Å². The van der Waals surface area contributed by atoms with E-state index in [0.29, 0.717) is 12.6 Å². The largest absolute Gasteiger partial charge is 0.387 e. The molecule has 2 aromatic carbocycles. The molecular weight excluding hydrogens is 270 g/mol. The summed E-state index contributed by atoms with van der Waals surface area (Å²) < 4.78 is 0. The summed E-state index contributed by atoms with van der Waals surface area (Å²) in [5.74, 6) is 0. The van der Waals surface area contributed by atoms with Crippen LogP contribution in [0.15, 0.2) is 48.5 Å². The summed E-state index contributed by atoms with van der Waals surface area (Å²) in [6.07, 6.45) is -0.450. The molecule has 0 fully saturated rings. The summed E-state index contributed by atoms with van der Waals surface area (Å²) >= 11 is 0. The zero-order valence-electron chi connectivity index (χ0n) is 14.1. The van der Waals surface area contributed by atoms with Crippen LogP contribution in [0.4, 0.5) is 0 Å². The number of nitrogens with zero attached hydrogens (tertiary/aromatic N) is 1. The third-order valence-corrected chi connectivity index (χ3v) is 4.19. The Bertz CT molecular complexity index is 592. The van der Waals surface area contributed by atoms with Crippen molar-refractivity contribution < 1.29 is 5.11 Å². The zero-order chi connectivity index (χ0) is 16.1. The van der Waals surface area contributed by atoms with Gasteiger partial charge in [-0.15, -0.1) is 0 Å². The Morgan fingerprint density at radius 1 is 1.00 bits per heavy atom. The fraction of sp³-hybridized carbons (Fsp3) is 0.400. The number of hydrogen-bond acceptors (Lipinski definition) is 2. The van der Waals surface area contributed by atoms with E-state index in [1.807, 2.05) is 30.3 Å². The number of aliphatic hydroxyl groups excluding tert-OH is 1. The topological polar surface area (TPSA) is 23.5 Å². The molecule has 0 bridgehead atoms. The quantitative estimate of drug-likeness (QED) is 0.861. The molecule has 0 saturated heterocycles. The molecule has 0 aliphatic carbocycles. The Labute approximate surface area is 134 Å². The van der Waals surface area contributed by atoms with E-state index in [1.165, 1.54) is 16.7 Å². The highest BCUT2D eigenvalue weighted by molar-refractivity contribution is 5.30. The minimum absolute atomic E-state index is 0.388. The van der Waals surface area contributed by atoms with Gasteiger partial charge in [-0.05, 0) is 44.4 Å². The summed E-state index contributed by atoms with van der Waals surface area (Å²) in [6, 6.07) is 16.9. The van der Waals surface area contributed by atoms with Crippen molar-refractivity contribution in [1.82, 2.24) is 4.90 Å². The molecule has 0 aromatic heterocycles. The molecule has 2 aromatic rings. The minimum atomic E-state index is -0.450. The van der Waals surface area contributed by atoms with E-state index in [0.717, 1.165) is 12.1 Å². The van der Waals surface area contributed by atoms with Gasteiger partial charge < -0.3 is 5.11 Å². The van der Waals surface area contributed by atoms with Crippen molar-refractivity contribution in [3.05, 3.63) is 70.8 Å². The van der Waals surface area contributed by atoms with Crippen LogP contribution in [-0.2, 0) is 6.54 Å². The number of hydrogen-bond donors (Lipinski definition) is 1. The third-order valence-electron chi connectivity index (χ3n) is 4.19. The highest BCUT2D eigenvalue weighted by atomic mass is 16.3. The maximum Gasteiger partial charge on any atom is 0.0917 e. The van der Waals surface area contributed by atoms with Crippen LogP contribution < -0.4 is 0 Å². The van der Waals surface area contributed by atoms with Crippen molar-refractivity contribution in [2.75, 3.05) is 6.54 Å². The van der Waals surface area contributed by atoms with Crippen LogP contribution >= 0.6 is 0 Å². The molecule has 22 heavy (non-hydrogen) atoms. The highest BCUT2D eigenvalue weighted by Gasteiger charge is 2.17. The molecule has 0 aliphatic heterocycles. The Hall–Kier alpha value is -1.64. The molecule has 2 nitrogen and oxygen atoms in total. The van der Waals surface area contributed by atoms with Gasteiger partial charge in [0.2, 0.25) is 0 Å². The van der Waals surface area contributed by atoms with Gasteiger partial charge in [-0.2, -0.15) is 0 Å². The molecule has 0 heterocycles. The standard InChI is InChI=1S/C20H27NO/c1-15(2)21(13-19-11-10-16(3)12-17(19)4)14-20(22)18-8-6-5-7-9-18/h5-12,15,20,22H,13-14H2,1-4H3. The predicted octanol–water partition coefficient (Wildman–Crippen LogP) is 4.25. The summed E-state index contributed by atoms with van der Waals surface area (Å²) in [4.78, 5) is 2.33. The Kier molecular flexibility index (Phi) is 5.76. The zero-order valence-corrected chi connectivity index (χ0v) is 14.1. The molecule has 118 valence electrons. The fourth-order valence-corrected chi connectivity index (χ4v) is 2.70. The summed E-state index contributed by atoms with van der Waals surface area (Å²) in [5, 5.41) is 10.5. The van der Waals surface area contributed by atoms with Gasteiger partial charge in [-0.3, -0.25) is 4.90 Å². The first-order valence-corrected chi connectivity index (χ1v) is 8.00. The molecule has 1 atom stereocenters. The number of aliphatic hydroxyl groups is 1. The first-order chi connectivity index (χ1) is 10.5. The average molecular weight is 297 g/mol. The maximum absolute atomic E-state index is 10.5. The van der Waals surface area contributed by atoms with E-state index in [-0.39, 0.29) is 0 Å². The lowest BCUT2D eigenvalue weighted by molar-refractivity contribution is 0.0906. The predicted molar refractivity (Wildman–Crippen MR) is 92.9 cm³/mol. The average Bonchev–Trinajstić information content (AvgIpc) is 2.49. The van der Waals surface area contributed by atoms with Gasteiger partial charge in [0.15, 0.2) is 0 Å². The summed E-state index contributed by atoms with van der Waals surface area (Å²) in [6.45, 7) is 10.2. The Morgan fingerprint density at radius 2 is 1.68 bits per heavy atom. The second-order valence-electron chi connectivity index (χ2n) is 6.38. The van der Waals surface area contributed by atoms with Crippen LogP contribution in [0, 0.1) is 13.8 Å². The molecule has 2 rings (SSSR count). The SMILES string of the molecule is Cc1ccc(CN(CC(O)c2ccccc2)C(C)C)c(C)c1. The normalized spacial score (nSPS) is 12.9. The molecule has 1 N–H and O–H groups in total. The smallest absolute Gasteiger partial charge is 0.0917 e. The minimum Gasteiger partial charge on any atom is -0.387 e. The van der Waals surface area contributed by atoms with Gasteiger partial charge in [0.1, 0.15) is 0 Å². The molecule has 2 heteroatoms. The van der Waals surface area contributed by atoms with Crippen molar-refractivity contribution in [1.29, 1.82) is 0 Å². The highest BCUT2D eigenvalue weighted by Crippen LogP contribution is 2.19. The van der Waals surface area contributed by atoms with Gasteiger partial charge in [-0.1, -0.05) is 54.1 Å². The lowest BCUT2D eigenvalue weighted by Crippen LogP contribution is -2.34. The van der Waals surface area contributed by atoms with E-state index in [9.17, 15) is 5.11 Å². The van der Waals surface area contributed by atoms with Gasteiger partial charge in [-0.25, -0.2) is 0 Å². The molecule has 0 radical (unpaired) electrons. The van der Waals surface area contributed by atoms with Crippen LogP contribution in [0.25, 0.3) is 0 Å². The summed E-state index contributed by atoms with van der Waals surface area (Å²) in [5.41, 5.74) is 4.93. The lowest BCUT2D eigenvalue weighted by atomic mass is 10.0. The summed E-state index contributed by atoms with van der Waals surface area (Å²) in [7, 11) is 0. The van der Waals surface area contributed by atoms with Crippen molar-refractivity contribution in [2.45, 2.75) is 46.4 Å². The maximum atomic E-state index is 10.5. The van der Waals surface area contributed by atoms with E-state index in [2.05, 4.69) is 50.8 Å². The molecule has 1 unspecified atom stereocenters. The second-order valence-corrected chi connectivity index (χ2v) is 6.38. The molecule has 0 saturated carbocycles. The van der Waals surface area contributed by atoms with Gasteiger partial charge >= 0.3 is 0 Å². The first-order valence-electron chi connectivity index (χ1n) is 8.00. The van der Waals surface area contributed by atoms with E-state index in [4.69, 9.17) is 0 Å². The molecule has 0 spiro atoms.